The second-order valence-corrected chi connectivity index (χ2v) is 13.7. The van der Waals surface area contributed by atoms with Gasteiger partial charge in [0.1, 0.15) is 6.61 Å². The molecule has 0 aromatic rings. The van der Waals surface area contributed by atoms with Crippen LogP contribution < -0.4 is 0 Å². The number of aliphatic hydroxyl groups is 1. The van der Waals surface area contributed by atoms with E-state index in [0.29, 0.717) is 12.8 Å². The third kappa shape index (κ3) is 38.5. The van der Waals surface area contributed by atoms with E-state index in [0.717, 1.165) is 64.2 Å². The number of unbranched alkanes of at least 4 members (excludes halogenated alkanes) is 21. The Bertz CT molecular complexity index is 827. The summed E-state index contributed by atoms with van der Waals surface area (Å²) in [5, 5.41) is 9.57. The van der Waals surface area contributed by atoms with E-state index in [1.54, 1.807) is 0 Å². The summed E-state index contributed by atoms with van der Waals surface area (Å²) in [5.74, 6) is -0.606. The lowest BCUT2D eigenvalue weighted by Crippen LogP contribution is -2.28. The summed E-state index contributed by atoms with van der Waals surface area (Å²) in [5.41, 5.74) is 0. The van der Waals surface area contributed by atoms with Crippen LogP contribution in [0, 0.1) is 0 Å². The second-order valence-electron chi connectivity index (χ2n) is 13.7. The third-order valence-corrected chi connectivity index (χ3v) is 8.86. The van der Waals surface area contributed by atoms with Gasteiger partial charge in [-0.2, -0.15) is 0 Å². The van der Waals surface area contributed by atoms with Crippen LogP contribution in [0.3, 0.4) is 0 Å². The van der Waals surface area contributed by atoms with E-state index < -0.39 is 6.10 Å². The highest BCUT2D eigenvalue weighted by molar-refractivity contribution is 5.70. The van der Waals surface area contributed by atoms with Gasteiger partial charge in [-0.3, -0.25) is 9.59 Å². The number of esters is 2. The molecule has 0 fully saturated rings. The van der Waals surface area contributed by atoms with E-state index in [2.05, 4.69) is 62.5 Å². The molecule has 0 spiro atoms. The van der Waals surface area contributed by atoms with E-state index in [4.69, 9.17) is 9.47 Å². The first-order valence-corrected chi connectivity index (χ1v) is 20.7. The molecule has 0 bridgehead atoms. The maximum absolute atomic E-state index is 12.2. The van der Waals surface area contributed by atoms with Crippen molar-refractivity contribution in [1.29, 1.82) is 0 Å². The van der Waals surface area contributed by atoms with Gasteiger partial charge >= 0.3 is 11.9 Å². The summed E-state index contributed by atoms with van der Waals surface area (Å²) < 4.78 is 10.6. The molecule has 0 aromatic heterocycles. The summed E-state index contributed by atoms with van der Waals surface area (Å²) in [7, 11) is 0. The topological polar surface area (TPSA) is 72.8 Å². The smallest absolute Gasteiger partial charge is 0.306 e. The van der Waals surface area contributed by atoms with Crippen LogP contribution in [0.1, 0.15) is 200 Å². The van der Waals surface area contributed by atoms with Crippen molar-refractivity contribution in [3.8, 4) is 0 Å². The molecule has 0 aromatic carbocycles. The molecule has 5 heteroatoms. The second kappa shape index (κ2) is 40.3. The largest absolute Gasteiger partial charge is 0.462 e. The minimum absolute atomic E-state index is 0.0723. The summed E-state index contributed by atoms with van der Waals surface area (Å²) >= 11 is 0. The fourth-order valence-corrected chi connectivity index (χ4v) is 5.74. The lowest BCUT2D eigenvalue weighted by molar-refractivity contribution is -0.161. The maximum Gasteiger partial charge on any atom is 0.306 e. The minimum Gasteiger partial charge on any atom is -0.462 e. The lowest BCUT2D eigenvalue weighted by atomic mass is 10.1. The zero-order valence-corrected chi connectivity index (χ0v) is 32.2. The fraction of sp³-hybridized carbons (Fsp3) is 0.773. The number of allylic oxidation sites excluding steroid dienone is 8. The Morgan fingerprint density at radius 1 is 0.490 bits per heavy atom. The van der Waals surface area contributed by atoms with Crippen molar-refractivity contribution in [2.24, 2.45) is 0 Å². The summed E-state index contributed by atoms with van der Waals surface area (Å²) in [6.45, 7) is 4.02. The average molecular weight is 687 g/mol. The summed E-state index contributed by atoms with van der Waals surface area (Å²) in [6, 6.07) is 0. The molecule has 1 N–H and O–H groups in total. The molecule has 0 heterocycles. The Morgan fingerprint density at radius 3 is 1.35 bits per heavy atom. The highest BCUT2D eigenvalue weighted by Gasteiger charge is 2.16. The van der Waals surface area contributed by atoms with Crippen LogP contribution in [0.2, 0.25) is 0 Å². The van der Waals surface area contributed by atoms with Gasteiger partial charge in [-0.1, -0.05) is 165 Å². The van der Waals surface area contributed by atoms with E-state index in [1.807, 2.05) is 0 Å². The minimum atomic E-state index is -0.778. The highest BCUT2D eigenvalue weighted by Crippen LogP contribution is 2.13. The van der Waals surface area contributed by atoms with Crippen molar-refractivity contribution in [2.75, 3.05) is 13.2 Å². The predicted molar refractivity (Wildman–Crippen MR) is 210 cm³/mol. The van der Waals surface area contributed by atoms with Gasteiger partial charge < -0.3 is 14.6 Å². The quantitative estimate of drug-likeness (QED) is 0.0400. The van der Waals surface area contributed by atoms with Gasteiger partial charge in [0.05, 0.1) is 6.61 Å². The first kappa shape index (κ1) is 46.9. The van der Waals surface area contributed by atoms with Gasteiger partial charge in [0.2, 0.25) is 0 Å². The normalized spacial score (nSPS) is 12.6. The Hall–Kier alpha value is -2.14. The van der Waals surface area contributed by atoms with Crippen molar-refractivity contribution in [3.05, 3.63) is 48.6 Å². The number of ether oxygens (including phenoxy) is 2. The van der Waals surface area contributed by atoms with Gasteiger partial charge in [0.25, 0.3) is 0 Å². The van der Waals surface area contributed by atoms with Crippen LogP contribution in [0.4, 0.5) is 0 Å². The number of rotatable bonds is 37. The SMILES string of the molecule is CC/C=C\C/C=C\C/C=C\CCCCCCCCCC(=O)OC(CO)COC(=O)CCCCCCCCC/C=C\CCCCCCCCC. The van der Waals surface area contributed by atoms with Gasteiger partial charge in [0, 0.05) is 12.8 Å². The van der Waals surface area contributed by atoms with Crippen LogP contribution in [-0.4, -0.2) is 36.4 Å². The monoisotopic (exact) mass is 687 g/mol. The van der Waals surface area contributed by atoms with E-state index >= 15 is 0 Å². The number of hydrogen-bond donors (Lipinski definition) is 1. The Morgan fingerprint density at radius 2 is 0.878 bits per heavy atom. The molecule has 0 aliphatic carbocycles. The number of hydrogen-bond acceptors (Lipinski definition) is 5. The van der Waals surface area contributed by atoms with Crippen LogP contribution in [0.25, 0.3) is 0 Å². The standard InChI is InChI=1S/C44H78O5/c1-3-5-7-9-11-13-15-17-19-21-23-24-26-28-30-32-34-36-38-43(46)48-41-42(40-45)49-44(47)39-37-35-33-31-29-27-25-22-20-18-16-14-12-10-8-6-4-2/h6,8,12,14,18-21,42,45H,3-5,7,9-11,13,15-17,22-41H2,1-2H3/b8-6-,14-12-,20-18-,21-19-. The molecule has 284 valence electrons. The van der Waals surface area contributed by atoms with Crippen LogP contribution in [0.5, 0.6) is 0 Å². The molecule has 1 unspecified atom stereocenters. The van der Waals surface area contributed by atoms with Gasteiger partial charge in [-0.15, -0.1) is 0 Å². The van der Waals surface area contributed by atoms with Gasteiger partial charge in [-0.05, 0) is 70.6 Å². The maximum atomic E-state index is 12.2. The zero-order valence-electron chi connectivity index (χ0n) is 32.2. The molecule has 0 radical (unpaired) electrons. The van der Waals surface area contributed by atoms with E-state index in [9.17, 15) is 14.7 Å². The molecule has 0 rings (SSSR count). The van der Waals surface area contributed by atoms with Crippen molar-refractivity contribution >= 4 is 11.9 Å². The van der Waals surface area contributed by atoms with Crippen molar-refractivity contribution in [3.63, 3.8) is 0 Å². The van der Waals surface area contributed by atoms with Gasteiger partial charge in [0.15, 0.2) is 6.10 Å². The molecule has 5 nitrogen and oxygen atoms in total. The predicted octanol–water partition coefficient (Wildman–Crippen LogP) is 13.0. The first-order valence-electron chi connectivity index (χ1n) is 20.7. The molecular weight excluding hydrogens is 608 g/mol. The average Bonchev–Trinajstić information content (AvgIpc) is 3.10. The third-order valence-electron chi connectivity index (χ3n) is 8.86. The molecule has 0 saturated heterocycles. The molecule has 49 heavy (non-hydrogen) atoms. The Labute approximate surface area is 303 Å². The van der Waals surface area contributed by atoms with Crippen LogP contribution in [-0.2, 0) is 19.1 Å². The van der Waals surface area contributed by atoms with E-state index in [1.165, 1.54) is 109 Å². The fourth-order valence-electron chi connectivity index (χ4n) is 5.74. The number of carbonyl (C=O) groups is 2. The van der Waals surface area contributed by atoms with Gasteiger partial charge in [-0.25, -0.2) is 0 Å². The molecule has 0 aliphatic rings. The summed E-state index contributed by atoms with van der Waals surface area (Å²) in [6.07, 6.45) is 50.3. The molecule has 0 aliphatic heterocycles. The van der Waals surface area contributed by atoms with Crippen molar-refractivity contribution < 1.29 is 24.2 Å². The first-order chi connectivity index (χ1) is 24.1. The van der Waals surface area contributed by atoms with Crippen LogP contribution in [0.15, 0.2) is 48.6 Å². The Kier molecular flexibility index (Phi) is 38.5. The summed E-state index contributed by atoms with van der Waals surface area (Å²) in [4.78, 5) is 24.3. The van der Waals surface area contributed by atoms with Crippen LogP contribution >= 0.6 is 0 Å². The zero-order chi connectivity index (χ0) is 35.7. The van der Waals surface area contributed by atoms with E-state index in [-0.39, 0.29) is 25.2 Å². The van der Waals surface area contributed by atoms with Crippen molar-refractivity contribution in [2.45, 2.75) is 206 Å². The molecular formula is C44H78O5. The molecule has 1 atom stereocenters. The number of carbonyl (C=O) groups excluding carboxylic acids is 2. The molecule has 0 saturated carbocycles. The number of aliphatic hydroxyl groups excluding tert-OH is 1. The Balaban J connectivity index is 3.56. The van der Waals surface area contributed by atoms with Crippen molar-refractivity contribution in [1.82, 2.24) is 0 Å². The highest BCUT2D eigenvalue weighted by atomic mass is 16.6. The molecule has 0 amide bonds. The lowest BCUT2D eigenvalue weighted by Gasteiger charge is -2.15.